The molecule has 2 heterocycles. The summed E-state index contributed by atoms with van der Waals surface area (Å²) in [6.45, 7) is 1.00. The first-order valence-electron chi connectivity index (χ1n) is 7.88. The molecule has 5 rings (SSSR count). The Morgan fingerprint density at radius 1 is 1.43 bits per heavy atom. The minimum atomic E-state index is -0.366. The summed E-state index contributed by atoms with van der Waals surface area (Å²) in [4.78, 5) is 14.9. The lowest BCUT2D eigenvalue weighted by molar-refractivity contribution is -0.138. The molecule has 1 aromatic carbocycles. The van der Waals surface area contributed by atoms with Crippen LogP contribution >= 0.6 is 0 Å². The summed E-state index contributed by atoms with van der Waals surface area (Å²) >= 11 is 0. The zero-order chi connectivity index (χ0) is 14.4. The van der Waals surface area contributed by atoms with Crippen molar-refractivity contribution in [3.05, 3.63) is 23.3 Å². The molecule has 4 heteroatoms. The topological polar surface area (TPSA) is 49.8 Å². The van der Waals surface area contributed by atoms with Crippen LogP contribution in [0.5, 0.6) is 11.5 Å². The van der Waals surface area contributed by atoms with Gasteiger partial charge in [0.15, 0.2) is 23.4 Å². The van der Waals surface area contributed by atoms with Crippen LogP contribution in [-0.4, -0.2) is 41.5 Å². The third-order valence-electron chi connectivity index (χ3n) is 6.39. The van der Waals surface area contributed by atoms with Gasteiger partial charge in [-0.3, -0.25) is 4.79 Å². The van der Waals surface area contributed by atoms with Crippen LogP contribution in [0.4, 0.5) is 0 Å². The fourth-order valence-electron chi connectivity index (χ4n) is 5.52. The number of rotatable bonds is 0. The molecule has 110 valence electrons. The number of hydrogen-bond acceptors (Lipinski definition) is 4. The molecule has 0 aromatic heterocycles. The second-order valence-electron chi connectivity index (χ2n) is 7.10. The number of likely N-dealkylation sites (tertiary alicyclic amines) is 1. The van der Waals surface area contributed by atoms with Crippen LogP contribution < -0.4 is 4.74 Å². The first kappa shape index (κ1) is 12.0. The Balaban J connectivity index is 1.83. The molecule has 1 unspecified atom stereocenters. The van der Waals surface area contributed by atoms with E-state index >= 15 is 0 Å². The maximum Gasteiger partial charge on any atom is 0.174 e. The highest BCUT2D eigenvalue weighted by atomic mass is 16.5. The smallest absolute Gasteiger partial charge is 0.174 e. The normalized spacial score (nSPS) is 39.9. The summed E-state index contributed by atoms with van der Waals surface area (Å²) in [6.07, 6.45) is 3.18. The van der Waals surface area contributed by atoms with E-state index < -0.39 is 0 Å². The van der Waals surface area contributed by atoms with Crippen molar-refractivity contribution in [2.75, 3.05) is 13.6 Å². The van der Waals surface area contributed by atoms with Gasteiger partial charge >= 0.3 is 0 Å². The molecule has 2 bridgehead atoms. The molecule has 1 saturated heterocycles. The maximum absolute atomic E-state index is 12.5. The van der Waals surface area contributed by atoms with Crippen molar-refractivity contribution in [3.8, 4) is 11.5 Å². The van der Waals surface area contributed by atoms with Gasteiger partial charge in [-0.25, -0.2) is 0 Å². The Morgan fingerprint density at radius 2 is 2.29 bits per heavy atom. The second-order valence-corrected chi connectivity index (χ2v) is 7.10. The number of aromatic hydroxyl groups is 1. The third kappa shape index (κ3) is 1.20. The van der Waals surface area contributed by atoms with Crippen molar-refractivity contribution in [1.29, 1.82) is 0 Å². The predicted octanol–water partition coefficient (Wildman–Crippen LogP) is 1.63. The van der Waals surface area contributed by atoms with Gasteiger partial charge in [0, 0.05) is 23.4 Å². The molecule has 2 fully saturated rings. The number of carbonyl (C=O) groups excluding carboxylic acids is 1. The van der Waals surface area contributed by atoms with E-state index in [-0.39, 0.29) is 23.1 Å². The van der Waals surface area contributed by atoms with Crippen molar-refractivity contribution >= 4 is 5.78 Å². The molecule has 0 amide bonds. The van der Waals surface area contributed by atoms with E-state index in [0.29, 0.717) is 24.1 Å². The zero-order valence-corrected chi connectivity index (χ0v) is 12.1. The van der Waals surface area contributed by atoms with Gasteiger partial charge in [0.2, 0.25) is 0 Å². The minimum absolute atomic E-state index is 0.172. The highest BCUT2D eigenvalue weighted by Gasteiger charge is 2.65. The number of nitrogens with zero attached hydrogens (tertiary/aromatic N) is 1. The molecular weight excluding hydrogens is 266 g/mol. The van der Waals surface area contributed by atoms with E-state index in [1.54, 1.807) is 6.07 Å². The zero-order valence-electron chi connectivity index (χ0n) is 12.1. The molecular formula is C17H19NO3. The Hall–Kier alpha value is -1.55. The van der Waals surface area contributed by atoms with Crippen LogP contribution in [0.1, 0.15) is 30.4 Å². The van der Waals surface area contributed by atoms with Crippen LogP contribution in [0.15, 0.2) is 12.1 Å². The molecule has 0 radical (unpaired) electrons. The molecule has 21 heavy (non-hydrogen) atoms. The average Bonchev–Trinajstić information content (AvgIpc) is 2.83. The minimum Gasteiger partial charge on any atom is -0.504 e. The van der Waals surface area contributed by atoms with Gasteiger partial charge in [0.1, 0.15) is 0 Å². The van der Waals surface area contributed by atoms with Crippen molar-refractivity contribution in [2.45, 2.75) is 43.2 Å². The van der Waals surface area contributed by atoms with Crippen molar-refractivity contribution in [1.82, 2.24) is 4.90 Å². The summed E-state index contributed by atoms with van der Waals surface area (Å²) in [5.41, 5.74) is 2.26. The molecule has 1 saturated carbocycles. The van der Waals surface area contributed by atoms with E-state index in [0.717, 1.165) is 31.4 Å². The van der Waals surface area contributed by atoms with Crippen LogP contribution in [-0.2, 0) is 16.6 Å². The number of phenolic OH excluding ortho intramolecular Hbond substituents is 1. The van der Waals surface area contributed by atoms with Crippen LogP contribution in [0.3, 0.4) is 0 Å². The van der Waals surface area contributed by atoms with Crippen molar-refractivity contribution in [2.24, 2.45) is 5.92 Å². The summed E-state index contributed by atoms with van der Waals surface area (Å²) in [6, 6.07) is 4.26. The van der Waals surface area contributed by atoms with Crippen LogP contribution in [0.25, 0.3) is 0 Å². The number of ketones is 1. The number of ether oxygens (including phenoxy) is 1. The van der Waals surface area contributed by atoms with Gasteiger partial charge in [0.05, 0.1) is 0 Å². The Kier molecular flexibility index (Phi) is 2.07. The molecule has 1 N–H and O–H groups in total. The highest BCUT2D eigenvalue weighted by molar-refractivity contribution is 5.89. The molecule has 4 nitrogen and oxygen atoms in total. The second kappa shape index (κ2) is 3.61. The summed E-state index contributed by atoms with van der Waals surface area (Å²) in [7, 11) is 2.20. The highest BCUT2D eigenvalue weighted by Crippen LogP contribution is 2.62. The Bertz CT molecular complexity index is 670. The monoisotopic (exact) mass is 285 g/mol. The van der Waals surface area contributed by atoms with Gasteiger partial charge < -0.3 is 14.7 Å². The lowest BCUT2D eigenvalue weighted by Crippen LogP contribution is -2.65. The summed E-state index contributed by atoms with van der Waals surface area (Å²) in [5.74, 6) is 1.50. The van der Waals surface area contributed by atoms with Crippen molar-refractivity contribution < 1.29 is 14.6 Å². The quantitative estimate of drug-likeness (QED) is 0.787. The number of phenols is 1. The van der Waals surface area contributed by atoms with E-state index in [4.69, 9.17) is 4.74 Å². The maximum atomic E-state index is 12.5. The van der Waals surface area contributed by atoms with Gasteiger partial charge in [0.25, 0.3) is 0 Å². The first-order chi connectivity index (χ1) is 10.1. The molecule has 1 aromatic rings. The van der Waals surface area contributed by atoms with Crippen LogP contribution in [0.2, 0.25) is 0 Å². The average molecular weight is 285 g/mol. The van der Waals surface area contributed by atoms with E-state index in [9.17, 15) is 9.90 Å². The van der Waals surface area contributed by atoms with Gasteiger partial charge in [-0.2, -0.15) is 0 Å². The fourth-order valence-corrected chi connectivity index (χ4v) is 5.52. The van der Waals surface area contributed by atoms with Crippen LogP contribution in [0, 0.1) is 5.92 Å². The lowest BCUT2D eigenvalue weighted by atomic mass is 9.52. The number of likely N-dealkylation sites (N-methyl/N-ethyl adjacent to an activating group) is 1. The molecule has 4 aliphatic rings. The third-order valence-corrected chi connectivity index (χ3v) is 6.39. The van der Waals surface area contributed by atoms with E-state index in [1.807, 2.05) is 6.07 Å². The number of hydrogen-bond donors (Lipinski definition) is 1. The fraction of sp³-hybridized carbons (Fsp3) is 0.588. The lowest BCUT2D eigenvalue weighted by Gasteiger charge is -2.57. The molecule has 2 aliphatic carbocycles. The number of benzene rings is 1. The van der Waals surface area contributed by atoms with Crippen molar-refractivity contribution in [3.63, 3.8) is 0 Å². The molecule has 2 aliphatic heterocycles. The largest absolute Gasteiger partial charge is 0.504 e. The summed E-state index contributed by atoms with van der Waals surface area (Å²) in [5, 5.41) is 10.2. The molecule has 1 spiro atoms. The first-order valence-corrected chi connectivity index (χ1v) is 7.88. The van der Waals surface area contributed by atoms with Gasteiger partial charge in [-0.1, -0.05) is 6.07 Å². The standard InChI is InChI=1S/C17H19NO3/c1-18-7-6-17-10-3-5-13(20)16(17)21-15-12(19)4-2-9(14(15)17)8-11(10)18/h2,4,10-11,16,19H,3,5-8H2,1H3/t10-,11+,16?,17-/m0/s1. The molecule has 4 atom stereocenters. The Morgan fingerprint density at radius 3 is 3.14 bits per heavy atom. The number of carbonyl (C=O) groups is 1. The van der Waals surface area contributed by atoms with E-state index in [2.05, 4.69) is 11.9 Å². The number of Topliss-reactive ketones (excluding diaryl/α,β-unsaturated/α-hetero) is 1. The SMILES string of the molecule is CN1CC[C@]23c4c5ccc(O)c4OC2C(=O)CC[C@H]3[C@H]1C5. The Labute approximate surface area is 123 Å². The predicted molar refractivity (Wildman–Crippen MR) is 76.7 cm³/mol. The van der Waals surface area contributed by atoms with E-state index in [1.165, 1.54) is 5.56 Å². The van der Waals surface area contributed by atoms with Gasteiger partial charge in [-0.15, -0.1) is 0 Å². The number of piperidine rings is 1. The van der Waals surface area contributed by atoms with Gasteiger partial charge in [-0.05, 0) is 50.4 Å². The summed E-state index contributed by atoms with van der Waals surface area (Å²) < 4.78 is 6.04.